The molecule has 2 aromatic rings. The number of hydrogen-bond donors (Lipinski definition) is 1. The zero-order valence-corrected chi connectivity index (χ0v) is 17.2. The lowest BCUT2D eigenvalue weighted by Gasteiger charge is -2.44. The van der Waals surface area contributed by atoms with Crippen molar-refractivity contribution in [3.8, 4) is 0 Å². The maximum atomic E-state index is 13.3. The van der Waals surface area contributed by atoms with Gasteiger partial charge in [-0.3, -0.25) is 14.7 Å². The molecule has 0 spiro atoms. The summed E-state index contributed by atoms with van der Waals surface area (Å²) in [6, 6.07) is 12.2. The summed E-state index contributed by atoms with van der Waals surface area (Å²) in [7, 11) is 0. The number of nitrogens with zero attached hydrogens (tertiary/aromatic N) is 3. The number of carbonyl (C=O) groups is 2. The summed E-state index contributed by atoms with van der Waals surface area (Å²) in [6.45, 7) is 3.06. The maximum absolute atomic E-state index is 13.3. The van der Waals surface area contributed by atoms with Crippen molar-refractivity contribution in [1.82, 2.24) is 20.2 Å². The van der Waals surface area contributed by atoms with Crippen LogP contribution in [0.4, 0.5) is 4.79 Å². The van der Waals surface area contributed by atoms with Crippen LogP contribution in [0, 0.1) is 6.92 Å². The largest absolute Gasteiger partial charge is 0.337 e. The van der Waals surface area contributed by atoms with Gasteiger partial charge in [-0.15, -0.1) is 23.1 Å². The third-order valence-electron chi connectivity index (χ3n) is 5.59. The van der Waals surface area contributed by atoms with Crippen molar-refractivity contribution in [3.63, 3.8) is 0 Å². The van der Waals surface area contributed by atoms with Crippen LogP contribution in [-0.4, -0.2) is 50.1 Å². The molecule has 8 heteroatoms. The summed E-state index contributed by atoms with van der Waals surface area (Å²) < 4.78 is 0. The van der Waals surface area contributed by atoms with Gasteiger partial charge in [0.2, 0.25) is 5.91 Å². The number of fused-ring (bicyclic) bond motifs is 3. The molecule has 5 rings (SSSR count). The minimum absolute atomic E-state index is 0.0231. The van der Waals surface area contributed by atoms with Crippen LogP contribution < -0.4 is 5.43 Å². The Morgan fingerprint density at radius 1 is 1.14 bits per heavy atom. The van der Waals surface area contributed by atoms with E-state index in [4.69, 9.17) is 0 Å². The molecule has 0 radical (unpaired) electrons. The van der Waals surface area contributed by atoms with E-state index >= 15 is 0 Å². The van der Waals surface area contributed by atoms with Gasteiger partial charge < -0.3 is 4.90 Å². The van der Waals surface area contributed by atoms with Crippen LogP contribution in [0.3, 0.4) is 0 Å². The summed E-state index contributed by atoms with van der Waals surface area (Å²) in [5.74, 6) is 1.06. The Balaban J connectivity index is 1.43. The topological polar surface area (TPSA) is 55.9 Å². The number of hydrazine groups is 1. The van der Waals surface area contributed by atoms with Crippen LogP contribution in [0.15, 0.2) is 41.8 Å². The highest BCUT2D eigenvalue weighted by molar-refractivity contribution is 8.00. The van der Waals surface area contributed by atoms with Gasteiger partial charge in [-0.05, 0) is 36.1 Å². The van der Waals surface area contributed by atoms with Gasteiger partial charge in [0.05, 0.1) is 19.1 Å². The molecule has 1 N–H and O–H groups in total. The number of rotatable bonds is 4. The number of thioether (sulfide) groups is 1. The van der Waals surface area contributed by atoms with E-state index in [9.17, 15) is 9.59 Å². The normalized spacial score (nSPS) is 26.8. The molecule has 3 aliphatic heterocycles. The number of amides is 3. The first-order chi connectivity index (χ1) is 13.6. The van der Waals surface area contributed by atoms with E-state index in [0.717, 1.165) is 22.6 Å². The Morgan fingerprint density at radius 2 is 1.96 bits per heavy atom. The van der Waals surface area contributed by atoms with E-state index in [-0.39, 0.29) is 23.2 Å². The summed E-state index contributed by atoms with van der Waals surface area (Å²) in [5, 5.41) is 3.53. The SMILES string of the molecule is Cc1ccc(CN2NC3N(Cc4cccs4)C(=O)C4SCCC4N3C2=O)cc1. The fourth-order valence-electron chi connectivity index (χ4n) is 4.15. The van der Waals surface area contributed by atoms with Gasteiger partial charge in [-0.25, -0.2) is 4.79 Å². The lowest BCUT2D eigenvalue weighted by atomic mass is 10.1. The average Bonchev–Trinajstić information content (AvgIpc) is 3.42. The molecule has 3 unspecified atom stereocenters. The number of carbonyl (C=O) groups excluding carboxylic acids is 2. The minimum atomic E-state index is -0.410. The number of hydrogen-bond acceptors (Lipinski definition) is 5. The number of aryl methyl sites for hydroxylation is 1. The van der Waals surface area contributed by atoms with Gasteiger partial charge in [0.15, 0.2) is 6.29 Å². The third kappa shape index (κ3) is 3.00. The Morgan fingerprint density at radius 3 is 2.71 bits per heavy atom. The average molecular weight is 415 g/mol. The summed E-state index contributed by atoms with van der Waals surface area (Å²) in [5.41, 5.74) is 5.59. The van der Waals surface area contributed by atoms with E-state index in [1.54, 1.807) is 28.1 Å². The summed E-state index contributed by atoms with van der Waals surface area (Å²) in [6.07, 6.45) is 0.462. The van der Waals surface area contributed by atoms with Crippen molar-refractivity contribution < 1.29 is 9.59 Å². The molecule has 1 aromatic heterocycles. The molecular weight excluding hydrogens is 392 g/mol. The molecule has 146 valence electrons. The fraction of sp³-hybridized carbons (Fsp3) is 0.400. The van der Waals surface area contributed by atoms with E-state index in [0.29, 0.717) is 13.1 Å². The fourth-order valence-corrected chi connectivity index (χ4v) is 6.25. The molecular formula is C20H22N4O2S2. The number of urea groups is 1. The highest BCUT2D eigenvalue weighted by atomic mass is 32.2. The van der Waals surface area contributed by atoms with Gasteiger partial charge in [-0.2, -0.15) is 5.43 Å². The smallest absolute Gasteiger partial charge is 0.302 e. The van der Waals surface area contributed by atoms with E-state index < -0.39 is 6.29 Å². The van der Waals surface area contributed by atoms with E-state index in [2.05, 4.69) is 24.5 Å². The van der Waals surface area contributed by atoms with Crippen molar-refractivity contribution >= 4 is 35.0 Å². The highest BCUT2D eigenvalue weighted by Crippen LogP contribution is 2.40. The molecule has 28 heavy (non-hydrogen) atoms. The van der Waals surface area contributed by atoms with Crippen molar-refractivity contribution in [2.75, 3.05) is 5.75 Å². The predicted molar refractivity (Wildman–Crippen MR) is 110 cm³/mol. The molecule has 3 fully saturated rings. The van der Waals surface area contributed by atoms with Gasteiger partial charge in [0.1, 0.15) is 5.25 Å². The first kappa shape index (κ1) is 18.0. The van der Waals surface area contributed by atoms with Crippen molar-refractivity contribution in [2.24, 2.45) is 0 Å². The van der Waals surface area contributed by atoms with Gasteiger partial charge >= 0.3 is 6.03 Å². The monoisotopic (exact) mass is 414 g/mol. The molecule has 0 aliphatic carbocycles. The van der Waals surface area contributed by atoms with Gasteiger partial charge in [0.25, 0.3) is 0 Å². The number of nitrogens with one attached hydrogen (secondary N) is 1. The number of thiophene rings is 1. The zero-order chi connectivity index (χ0) is 19.3. The van der Waals surface area contributed by atoms with Crippen molar-refractivity contribution in [3.05, 3.63) is 57.8 Å². The molecule has 6 nitrogen and oxygen atoms in total. The second kappa shape index (κ2) is 7.09. The molecule has 3 aliphatic rings. The van der Waals surface area contributed by atoms with E-state index in [1.807, 2.05) is 39.4 Å². The Hall–Kier alpha value is -2.03. The van der Waals surface area contributed by atoms with Crippen LogP contribution in [0.2, 0.25) is 0 Å². The van der Waals surface area contributed by atoms with Crippen molar-refractivity contribution in [1.29, 1.82) is 0 Å². The third-order valence-corrected chi connectivity index (χ3v) is 7.80. The second-order valence-corrected chi connectivity index (χ2v) is 9.74. The van der Waals surface area contributed by atoms with Crippen LogP contribution >= 0.6 is 23.1 Å². The molecule has 1 aromatic carbocycles. The molecule has 3 amide bonds. The molecule has 0 saturated carbocycles. The second-order valence-electron chi connectivity index (χ2n) is 7.46. The Kier molecular flexibility index (Phi) is 4.57. The van der Waals surface area contributed by atoms with E-state index in [1.165, 1.54) is 5.56 Å². The summed E-state index contributed by atoms with van der Waals surface area (Å²) >= 11 is 3.32. The van der Waals surface area contributed by atoms with Gasteiger partial charge in [-0.1, -0.05) is 35.9 Å². The standard InChI is InChI=1S/C20H22N4O2S2/c1-13-4-6-14(7-5-13)11-23-20(26)24-16-8-10-28-17(16)18(25)22(19(24)21-23)12-15-3-2-9-27-15/h2-7,9,16-17,19,21H,8,10-12H2,1H3. The first-order valence-electron chi connectivity index (χ1n) is 9.48. The van der Waals surface area contributed by atoms with Crippen LogP contribution in [-0.2, 0) is 17.9 Å². The highest BCUT2D eigenvalue weighted by Gasteiger charge is 2.55. The Labute approximate surface area is 172 Å². The Bertz CT molecular complexity index is 886. The first-order valence-corrected chi connectivity index (χ1v) is 11.4. The quantitative estimate of drug-likeness (QED) is 0.836. The summed E-state index contributed by atoms with van der Waals surface area (Å²) in [4.78, 5) is 31.3. The lowest BCUT2D eigenvalue weighted by molar-refractivity contribution is -0.145. The van der Waals surface area contributed by atoms with Crippen molar-refractivity contribution in [2.45, 2.75) is 44.0 Å². The molecule has 0 bridgehead atoms. The molecule has 4 heterocycles. The maximum Gasteiger partial charge on any atom is 0.337 e. The van der Waals surface area contributed by atoms with Crippen LogP contribution in [0.1, 0.15) is 22.4 Å². The van der Waals surface area contributed by atoms with Gasteiger partial charge in [0, 0.05) is 4.88 Å². The van der Waals surface area contributed by atoms with Crippen LogP contribution in [0.25, 0.3) is 0 Å². The zero-order valence-electron chi connectivity index (χ0n) is 15.6. The minimum Gasteiger partial charge on any atom is -0.302 e. The lowest BCUT2D eigenvalue weighted by Crippen LogP contribution is -2.65. The molecule has 3 saturated heterocycles. The number of benzene rings is 1. The predicted octanol–water partition coefficient (Wildman–Crippen LogP) is 3.00. The van der Waals surface area contributed by atoms with Crippen LogP contribution in [0.5, 0.6) is 0 Å². The molecule has 3 atom stereocenters.